The summed E-state index contributed by atoms with van der Waals surface area (Å²) in [4.78, 5) is 34.2. The molecule has 1 N–H and O–H groups in total. The molecule has 4 aromatic heterocycles. The fourth-order valence-corrected chi connectivity index (χ4v) is 3.86. The molecule has 0 fully saturated rings. The molecule has 0 atom stereocenters. The quantitative estimate of drug-likeness (QED) is 0.500. The van der Waals surface area contributed by atoms with E-state index in [-0.39, 0.29) is 18.1 Å². The molecule has 0 saturated heterocycles. The Hall–Kier alpha value is -3.60. The van der Waals surface area contributed by atoms with Crippen LogP contribution in [0.1, 0.15) is 37.9 Å². The van der Waals surface area contributed by atoms with Crippen LogP contribution in [0.3, 0.4) is 0 Å². The number of thiazole rings is 1. The third kappa shape index (κ3) is 3.79. The number of pyridine rings is 1. The molecule has 11 heteroatoms. The van der Waals surface area contributed by atoms with Crippen molar-refractivity contribution in [1.82, 2.24) is 34.8 Å². The molecular formula is C19H19N7O3S. The van der Waals surface area contributed by atoms with Gasteiger partial charge in [-0.05, 0) is 32.4 Å². The highest BCUT2D eigenvalue weighted by molar-refractivity contribution is 7.16. The number of carbonyl (C=O) groups is 1. The van der Waals surface area contributed by atoms with E-state index in [4.69, 9.17) is 4.52 Å². The summed E-state index contributed by atoms with van der Waals surface area (Å²) >= 11 is 1.14. The largest absolute Gasteiger partial charge is 0.361 e. The lowest BCUT2D eigenvalue weighted by Crippen LogP contribution is -2.24. The van der Waals surface area contributed by atoms with Crippen LogP contribution in [0.25, 0.3) is 5.13 Å². The maximum Gasteiger partial charge on any atom is 0.352 e. The normalized spacial score (nSPS) is 11.0. The molecule has 0 unspecified atom stereocenters. The second-order valence-corrected chi connectivity index (χ2v) is 7.68. The fourth-order valence-electron chi connectivity index (χ4n) is 2.92. The summed E-state index contributed by atoms with van der Waals surface area (Å²) in [6.45, 7) is 5.94. The second kappa shape index (κ2) is 8.03. The van der Waals surface area contributed by atoms with Crippen molar-refractivity contribution in [3.63, 3.8) is 0 Å². The predicted molar refractivity (Wildman–Crippen MR) is 109 cm³/mol. The number of carbonyl (C=O) groups excluding carboxylic acids is 1. The third-order valence-corrected chi connectivity index (χ3v) is 5.75. The fraction of sp³-hybridized carbons (Fsp3) is 0.263. The van der Waals surface area contributed by atoms with E-state index in [9.17, 15) is 9.59 Å². The van der Waals surface area contributed by atoms with Gasteiger partial charge in [-0.25, -0.2) is 19.0 Å². The Morgan fingerprint density at radius 3 is 2.80 bits per heavy atom. The SMILES string of the molecule is Cc1nc(-n2cnn(Cc3c(C)noc3C)c2=O)sc1C(=O)NCc1cccnc1. The van der Waals surface area contributed by atoms with Gasteiger partial charge in [0.1, 0.15) is 17.0 Å². The molecule has 4 aromatic rings. The van der Waals surface area contributed by atoms with E-state index in [0.29, 0.717) is 33.7 Å². The molecule has 10 nitrogen and oxygen atoms in total. The van der Waals surface area contributed by atoms with Gasteiger partial charge >= 0.3 is 5.69 Å². The molecule has 30 heavy (non-hydrogen) atoms. The molecule has 0 radical (unpaired) electrons. The van der Waals surface area contributed by atoms with Crippen molar-refractivity contribution in [1.29, 1.82) is 0 Å². The molecule has 0 saturated carbocycles. The Morgan fingerprint density at radius 2 is 2.10 bits per heavy atom. The van der Waals surface area contributed by atoms with Crippen molar-refractivity contribution in [3.05, 3.63) is 74.5 Å². The van der Waals surface area contributed by atoms with Gasteiger partial charge in [0.25, 0.3) is 5.91 Å². The summed E-state index contributed by atoms with van der Waals surface area (Å²) < 4.78 is 7.78. The van der Waals surface area contributed by atoms with Gasteiger partial charge in [-0.2, -0.15) is 5.10 Å². The lowest BCUT2D eigenvalue weighted by Gasteiger charge is -2.03. The van der Waals surface area contributed by atoms with Crippen LogP contribution in [0.4, 0.5) is 0 Å². The zero-order valence-electron chi connectivity index (χ0n) is 16.6. The molecule has 1 amide bonds. The van der Waals surface area contributed by atoms with Crippen LogP contribution in [0.15, 0.2) is 40.2 Å². The number of aromatic nitrogens is 6. The number of nitrogens with zero attached hydrogens (tertiary/aromatic N) is 6. The monoisotopic (exact) mass is 425 g/mol. The molecule has 0 aliphatic rings. The first kappa shape index (κ1) is 19.7. The third-order valence-electron chi connectivity index (χ3n) is 4.60. The van der Waals surface area contributed by atoms with E-state index in [0.717, 1.165) is 22.5 Å². The topological polar surface area (TPSA) is 121 Å². The Morgan fingerprint density at radius 1 is 1.27 bits per heavy atom. The average Bonchev–Trinajstić information content (AvgIpc) is 3.40. The van der Waals surface area contributed by atoms with Crippen molar-refractivity contribution in [2.75, 3.05) is 0 Å². The highest BCUT2D eigenvalue weighted by Gasteiger charge is 2.19. The van der Waals surface area contributed by atoms with Crippen molar-refractivity contribution < 1.29 is 9.32 Å². The van der Waals surface area contributed by atoms with E-state index in [2.05, 4.69) is 25.5 Å². The van der Waals surface area contributed by atoms with Crippen LogP contribution in [-0.2, 0) is 13.1 Å². The van der Waals surface area contributed by atoms with Crippen molar-refractivity contribution in [2.45, 2.75) is 33.9 Å². The van der Waals surface area contributed by atoms with Crippen LogP contribution in [0.2, 0.25) is 0 Å². The molecule has 4 heterocycles. The summed E-state index contributed by atoms with van der Waals surface area (Å²) in [6.07, 6.45) is 4.77. The van der Waals surface area contributed by atoms with E-state index in [1.165, 1.54) is 15.6 Å². The Bertz CT molecular complexity index is 1230. The van der Waals surface area contributed by atoms with Gasteiger partial charge in [-0.1, -0.05) is 22.6 Å². The molecule has 0 aliphatic heterocycles. The molecule has 4 rings (SSSR count). The van der Waals surface area contributed by atoms with Gasteiger partial charge in [-0.3, -0.25) is 9.78 Å². The Labute approximate surface area is 175 Å². The van der Waals surface area contributed by atoms with Crippen LogP contribution in [-0.4, -0.2) is 35.4 Å². The second-order valence-electron chi connectivity index (χ2n) is 6.70. The minimum Gasteiger partial charge on any atom is -0.361 e. The van der Waals surface area contributed by atoms with Crippen molar-refractivity contribution >= 4 is 17.2 Å². The van der Waals surface area contributed by atoms with Crippen LogP contribution < -0.4 is 11.0 Å². The Balaban J connectivity index is 1.54. The van der Waals surface area contributed by atoms with Gasteiger partial charge in [0, 0.05) is 24.5 Å². The zero-order valence-corrected chi connectivity index (χ0v) is 17.4. The van der Waals surface area contributed by atoms with Gasteiger partial charge in [0.2, 0.25) is 0 Å². The van der Waals surface area contributed by atoms with E-state index >= 15 is 0 Å². The summed E-state index contributed by atoms with van der Waals surface area (Å²) in [5, 5.41) is 11.3. The molecule has 154 valence electrons. The summed E-state index contributed by atoms with van der Waals surface area (Å²) in [6, 6.07) is 3.69. The number of nitrogens with one attached hydrogen (secondary N) is 1. The van der Waals surface area contributed by atoms with E-state index in [1.807, 2.05) is 19.1 Å². The number of hydrogen-bond acceptors (Lipinski definition) is 8. The maximum atomic E-state index is 12.8. The highest BCUT2D eigenvalue weighted by atomic mass is 32.1. The van der Waals surface area contributed by atoms with Crippen LogP contribution >= 0.6 is 11.3 Å². The lowest BCUT2D eigenvalue weighted by molar-refractivity contribution is 0.0954. The van der Waals surface area contributed by atoms with Gasteiger partial charge in [0.05, 0.1) is 17.9 Å². The van der Waals surface area contributed by atoms with Crippen molar-refractivity contribution in [2.24, 2.45) is 0 Å². The smallest absolute Gasteiger partial charge is 0.352 e. The first-order valence-corrected chi connectivity index (χ1v) is 9.97. The molecule has 0 spiro atoms. The first-order chi connectivity index (χ1) is 14.4. The minimum atomic E-state index is -0.355. The molecule has 0 aromatic carbocycles. The first-order valence-electron chi connectivity index (χ1n) is 9.15. The molecule has 0 bridgehead atoms. The van der Waals surface area contributed by atoms with Crippen LogP contribution in [0.5, 0.6) is 0 Å². The Kier molecular flexibility index (Phi) is 5.27. The summed E-state index contributed by atoms with van der Waals surface area (Å²) in [7, 11) is 0. The van der Waals surface area contributed by atoms with Gasteiger partial charge in [0.15, 0.2) is 5.13 Å². The molecule has 0 aliphatic carbocycles. The van der Waals surface area contributed by atoms with Crippen molar-refractivity contribution in [3.8, 4) is 5.13 Å². The van der Waals surface area contributed by atoms with Gasteiger partial charge < -0.3 is 9.84 Å². The standard InChI is InChI=1S/C19H19N7O3S/c1-11-15(13(3)29-24-11)9-26-19(28)25(10-22-26)18-23-12(2)16(30-18)17(27)21-8-14-5-4-6-20-7-14/h4-7,10H,8-9H2,1-3H3,(H,21,27). The molecular weight excluding hydrogens is 406 g/mol. The average molecular weight is 425 g/mol. The minimum absolute atomic E-state index is 0.246. The number of amides is 1. The number of hydrogen-bond donors (Lipinski definition) is 1. The maximum absolute atomic E-state index is 12.8. The predicted octanol–water partition coefficient (Wildman–Crippen LogP) is 1.78. The van der Waals surface area contributed by atoms with E-state index < -0.39 is 0 Å². The van der Waals surface area contributed by atoms with Crippen LogP contribution in [0, 0.1) is 20.8 Å². The zero-order chi connectivity index (χ0) is 21.3. The summed E-state index contributed by atoms with van der Waals surface area (Å²) in [5.41, 5.74) is 2.61. The summed E-state index contributed by atoms with van der Waals surface area (Å²) in [5.74, 6) is 0.392. The lowest BCUT2D eigenvalue weighted by atomic mass is 10.2. The number of rotatable bonds is 6. The number of aryl methyl sites for hydroxylation is 3. The highest BCUT2D eigenvalue weighted by Crippen LogP contribution is 2.21. The van der Waals surface area contributed by atoms with Gasteiger partial charge in [-0.15, -0.1) is 0 Å². The van der Waals surface area contributed by atoms with E-state index in [1.54, 1.807) is 26.2 Å².